The van der Waals surface area contributed by atoms with Crippen LogP contribution in [0.3, 0.4) is 0 Å². The number of aromatic nitrogens is 1. The molecule has 1 atom stereocenters. The van der Waals surface area contributed by atoms with E-state index < -0.39 is 12.1 Å². The third-order valence-electron chi connectivity index (χ3n) is 2.97. The van der Waals surface area contributed by atoms with E-state index in [4.69, 9.17) is 10.5 Å². The second-order valence-electron chi connectivity index (χ2n) is 4.45. The maximum absolute atomic E-state index is 11.9. The van der Waals surface area contributed by atoms with Crippen molar-refractivity contribution in [1.29, 1.82) is 0 Å². The highest BCUT2D eigenvalue weighted by Gasteiger charge is 2.26. The summed E-state index contributed by atoms with van der Waals surface area (Å²) in [5.74, 6) is -0.737. The number of hydrogen-bond donors (Lipinski definition) is 2. The van der Waals surface area contributed by atoms with E-state index in [-0.39, 0.29) is 5.91 Å². The van der Waals surface area contributed by atoms with Gasteiger partial charge in [0.05, 0.1) is 5.69 Å². The van der Waals surface area contributed by atoms with E-state index >= 15 is 0 Å². The lowest BCUT2D eigenvalue weighted by Crippen LogP contribution is -2.36. The van der Waals surface area contributed by atoms with Gasteiger partial charge in [0.1, 0.15) is 5.69 Å². The topological polar surface area (TPSA) is 86.3 Å². The first kappa shape index (κ1) is 12.5. The van der Waals surface area contributed by atoms with Gasteiger partial charge in [-0.2, -0.15) is 0 Å². The second-order valence-corrected chi connectivity index (χ2v) is 4.45. The summed E-state index contributed by atoms with van der Waals surface area (Å²) in [6.07, 6.45) is 3.28. The lowest BCUT2D eigenvalue weighted by Gasteiger charge is -2.14. The minimum absolute atomic E-state index is 0.219. The van der Waals surface area contributed by atoms with Crippen molar-refractivity contribution in [2.24, 2.45) is 7.05 Å². The number of carbonyl (C=O) groups is 2. The fourth-order valence-corrected chi connectivity index (χ4v) is 2.01. The predicted octanol–water partition coefficient (Wildman–Crippen LogP) is 0.433. The van der Waals surface area contributed by atoms with E-state index in [2.05, 4.69) is 5.32 Å². The smallest absolute Gasteiger partial charge is 0.355 e. The minimum atomic E-state index is -0.698. The fraction of sp³-hybridized carbons (Fsp3) is 0.500. The van der Waals surface area contributed by atoms with E-state index in [0.29, 0.717) is 24.3 Å². The summed E-state index contributed by atoms with van der Waals surface area (Å²) in [5, 5.41) is 2.72. The van der Waals surface area contributed by atoms with Gasteiger partial charge in [-0.25, -0.2) is 4.79 Å². The van der Waals surface area contributed by atoms with Crippen LogP contribution in [-0.4, -0.2) is 29.1 Å². The van der Waals surface area contributed by atoms with Gasteiger partial charge in [-0.05, 0) is 25.3 Å². The average Bonchev–Trinajstić information content (AvgIpc) is 2.52. The number of anilines is 1. The Hall–Kier alpha value is -1.98. The van der Waals surface area contributed by atoms with E-state index in [1.165, 1.54) is 6.07 Å². The Labute approximate surface area is 105 Å². The summed E-state index contributed by atoms with van der Waals surface area (Å²) in [4.78, 5) is 23.6. The van der Waals surface area contributed by atoms with Crippen LogP contribution in [0.15, 0.2) is 12.3 Å². The molecule has 1 amide bonds. The molecule has 6 heteroatoms. The largest absolute Gasteiger partial charge is 0.448 e. The molecule has 1 aliphatic heterocycles. The maximum Gasteiger partial charge on any atom is 0.355 e. The minimum Gasteiger partial charge on any atom is -0.448 e. The van der Waals surface area contributed by atoms with Crippen LogP contribution in [0.4, 0.5) is 5.69 Å². The normalized spacial score (nSPS) is 20.1. The Balaban J connectivity index is 2.06. The molecule has 0 saturated carbocycles. The number of hydrogen-bond acceptors (Lipinski definition) is 4. The molecule has 0 aliphatic carbocycles. The van der Waals surface area contributed by atoms with Crippen LogP contribution in [0.5, 0.6) is 0 Å². The van der Waals surface area contributed by atoms with Gasteiger partial charge >= 0.3 is 5.97 Å². The summed E-state index contributed by atoms with van der Waals surface area (Å²) in [6.45, 7) is 0.643. The lowest BCUT2D eigenvalue weighted by atomic mass is 10.2. The zero-order valence-corrected chi connectivity index (χ0v) is 10.3. The number of rotatable bonds is 2. The Morgan fingerprint density at radius 3 is 3.00 bits per heavy atom. The van der Waals surface area contributed by atoms with Crippen molar-refractivity contribution in [3.63, 3.8) is 0 Å². The number of nitrogens with two attached hydrogens (primary N) is 1. The molecule has 1 fully saturated rings. The van der Waals surface area contributed by atoms with Crippen molar-refractivity contribution in [3.8, 4) is 0 Å². The molecule has 0 aromatic carbocycles. The molecule has 1 saturated heterocycles. The van der Waals surface area contributed by atoms with Gasteiger partial charge in [0.2, 0.25) is 0 Å². The van der Waals surface area contributed by atoms with Crippen LogP contribution >= 0.6 is 0 Å². The summed E-state index contributed by atoms with van der Waals surface area (Å²) in [7, 11) is 1.71. The van der Waals surface area contributed by atoms with E-state index in [9.17, 15) is 9.59 Å². The van der Waals surface area contributed by atoms with Gasteiger partial charge in [-0.15, -0.1) is 0 Å². The molecule has 1 aromatic heterocycles. The first-order valence-electron chi connectivity index (χ1n) is 5.98. The number of amides is 1. The Morgan fingerprint density at radius 1 is 1.56 bits per heavy atom. The number of ether oxygens (including phenoxy) is 1. The monoisotopic (exact) mass is 251 g/mol. The molecule has 6 nitrogen and oxygen atoms in total. The van der Waals surface area contributed by atoms with Crippen LogP contribution in [0.2, 0.25) is 0 Å². The quantitative estimate of drug-likeness (QED) is 0.746. The summed E-state index contributed by atoms with van der Waals surface area (Å²) in [6, 6.07) is 1.54. The molecule has 1 aromatic rings. The van der Waals surface area contributed by atoms with Crippen LogP contribution in [-0.2, 0) is 16.6 Å². The van der Waals surface area contributed by atoms with Crippen LogP contribution in [0.25, 0.3) is 0 Å². The average molecular weight is 251 g/mol. The molecule has 0 spiro atoms. The molecular formula is C12H17N3O3. The number of nitrogen functional groups attached to an aromatic ring is 1. The van der Waals surface area contributed by atoms with Crippen molar-refractivity contribution in [2.45, 2.75) is 25.4 Å². The van der Waals surface area contributed by atoms with E-state index in [1.54, 1.807) is 17.8 Å². The van der Waals surface area contributed by atoms with Crippen molar-refractivity contribution in [3.05, 3.63) is 18.0 Å². The third-order valence-corrected chi connectivity index (χ3v) is 2.97. The first-order valence-corrected chi connectivity index (χ1v) is 5.98. The third kappa shape index (κ3) is 2.64. The van der Waals surface area contributed by atoms with Crippen LogP contribution in [0.1, 0.15) is 29.8 Å². The second kappa shape index (κ2) is 5.12. The van der Waals surface area contributed by atoms with Gasteiger partial charge in [0, 0.05) is 19.8 Å². The molecule has 1 aliphatic rings. The summed E-state index contributed by atoms with van der Waals surface area (Å²) < 4.78 is 6.83. The number of nitrogens with zero attached hydrogens (tertiary/aromatic N) is 1. The fourth-order valence-electron chi connectivity index (χ4n) is 2.01. The summed E-state index contributed by atoms with van der Waals surface area (Å²) in [5.41, 5.74) is 6.44. The molecule has 0 radical (unpaired) electrons. The Kier molecular flexibility index (Phi) is 3.55. The number of esters is 1. The lowest BCUT2D eigenvalue weighted by molar-refractivity contribution is -0.129. The molecule has 2 heterocycles. The molecule has 0 bridgehead atoms. The van der Waals surface area contributed by atoms with Gasteiger partial charge in [0.15, 0.2) is 6.10 Å². The summed E-state index contributed by atoms with van der Waals surface area (Å²) >= 11 is 0. The van der Waals surface area contributed by atoms with Gasteiger partial charge in [0.25, 0.3) is 5.91 Å². The molecular weight excluding hydrogens is 234 g/mol. The number of nitrogens with one attached hydrogen (secondary N) is 1. The number of aryl methyl sites for hydroxylation is 1. The SMILES string of the molecule is Cn1cc(N)cc1C(=O)OC1CCCCNC1=O. The standard InChI is InChI=1S/C12H17N3O3/c1-15-7-8(13)6-9(15)12(17)18-10-4-2-3-5-14-11(10)16/h6-7,10H,2-5,13H2,1H3,(H,14,16). The maximum atomic E-state index is 11.9. The highest BCUT2D eigenvalue weighted by Crippen LogP contribution is 2.14. The Bertz CT molecular complexity index is 467. The van der Waals surface area contributed by atoms with Crippen molar-refractivity contribution < 1.29 is 14.3 Å². The van der Waals surface area contributed by atoms with Gasteiger partial charge in [-0.3, -0.25) is 4.79 Å². The number of carbonyl (C=O) groups excluding carboxylic acids is 2. The Morgan fingerprint density at radius 2 is 2.33 bits per heavy atom. The zero-order chi connectivity index (χ0) is 13.1. The van der Waals surface area contributed by atoms with Crippen molar-refractivity contribution >= 4 is 17.6 Å². The molecule has 3 N–H and O–H groups in total. The van der Waals surface area contributed by atoms with Crippen LogP contribution in [0, 0.1) is 0 Å². The predicted molar refractivity (Wildman–Crippen MR) is 65.9 cm³/mol. The highest BCUT2D eigenvalue weighted by molar-refractivity contribution is 5.92. The molecule has 1 unspecified atom stereocenters. The van der Waals surface area contributed by atoms with Crippen molar-refractivity contribution in [2.75, 3.05) is 12.3 Å². The van der Waals surface area contributed by atoms with E-state index in [1.807, 2.05) is 0 Å². The van der Waals surface area contributed by atoms with E-state index in [0.717, 1.165) is 12.8 Å². The molecule has 98 valence electrons. The van der Waals surface area contributed by atoms with Crippen molar-refractivity contribution in [1.82, 2.24) is 9.88 Å². The van der Waals surface area contributed by atoms with Gasteiger partial charge < -0.3 is 20.4 Å². The molecule has 2 rings (SSSR count). The highest BCUT2D eigenvalue weighted by atomic mass is 16.5. The van der Waals surface area contributed by atoms with Crippen LogP contribution < -0.4 is 11.1 Å². The van der Waals surface area contributed by atoms with Gasteiger partial charge in [-0.1, -0.05) is 0 Å². The zero-order valence-electron chi connectivity index (χ0n) is 10.3. The molecule has 18 heavy (non-hydrogen) atoms. The first-order chi connectivity index (χ1) is 8.58.